The Balaban J connectivity index is 1.61. The van der Waals surface area contributed by atoms with Crippen LogP contribution in [0.1, 0.15) is 13.8 Å². The first-order valence-electron chi connectivity index (χ1n) is 13.2. The van der Waals surface area contributed by atoms with Gasteiger partial charge < -0.3 is 34.5 Å². The number of halogens is 2. The van der Waals surface area contributed by atoms with Gasteiger partial charge >= 0.3 is 0 Å². The molecular formula is C28H32F2N6O5. The number of hydrogen-bond donors (Lipinski definition) is 2. The van der Waals surface area contributed by atoms with E-state index < -0.39 is 17.2 Å². The van der Waals surface area contributed by atoms with Crippen molar-refractivity contribution in [1.29, 1.82) is 0 Å². The van der Waals surface area contributed by atoms with Crippen LogP contribution < -0.4 is 25.0 Å². The maximum Gasteiger partial charge on any atom is 0.243 e. The van der Waals surface area contributed by atoms with Crippen molar-refractivity contribution in [3.05, 3.63) is 42.6 Å². The van der Waals surface area contributed by atoms with Gasteiger partial charge in [-0.1, -0.05) is 6.58 Å². The molecule has 2 aliphatic heterocycles. The highest BCUT2D eigenvalue weighted by Gasteiger charge is 2.31. The second-order valence-corrected chi connectivity index (χ2v) is 10.0. The van der Waals surface area contributed by atoms with Crippen molar-refractivity contribution in [2.24, 2.45) is 0 Å². The van der Waals surface area contributed by atoms with Crippen LogP contribution in [0.25, 0.3) is 22.3 Å². The number of morpholine rings is 1. The van der Waals surface area contributed by atoms with Gasteiger partial charge in [-0.05, 0) is 26.0 Å². The molecule has 11 nitrogen and oxygen atoms in total. The van der Waals surface area contributed by atoms with E-state index >= 15 is 8.78 Å². The summed E-state index contributed by atoms with van der Waals surface area (Å²) in [5.74, 6) is -1.80. The molecule has 1 amide bonds. The molecule has 2 fully saturated rings. The maximum atomic E-state index is 15.5. The topological polar surface area (TPSA) is 120 Å². The summed E-state index contributed by atoms with van der Waals surface area (Å²) >= 11 is 0. The number of nitrogens with one attached hydrogen (secondary N) is 2. The fourth-order valence-corrected chi connectivity index (χ4v) is 5.15. The van der Waals surface area contributed by atoms with E-state index in [0.717, 1.165) is 6.07 Å². The normalized spacial score (nSPS) is 22.4. The molecule has 2 aliphatic rings. The average Bonchev–Trinajstić information content (AvgIpc) is 3.38. The maximum absolute atomic E-state index is 15.5. The molecule has 1 aromatic carbocycles. The fraction of sp³-hybridized carbons (Fsp3) is 0.429. The van der Waals surface area contributed by atoms with Crippen molar-refractivity contribution >= 4 is 28.4 Å². The molecule has 4 atom stereocenters. The molecule has 218 valence electrons. The van der Waals surface area contributed by atoms with Crippen molar-refractivity contribution in [2.45, 2.75) is 38.1 Å². The monoisotopic (exact) mass is 570 g/mol. The van der Waals surface area contributed by atoms with E-state index in [9.17, 15) is 4.79 Å². The van der Waals surface area contributed by atoms with Crippen LogP contribution in [-0.2, 0) is 14.3 Å². The molecule has 4 heterocycles. The number of rotatable bonds is 8. The standard InChI is InChI=1S/C28H32F2N6O5/c1-6-23(37)33-19-13-40-12-18(19)32-22-7-16-17(9-31-22)34-27(35-28(16)36-10-14(2)41-15(3)11-36)24-25(29)20(38-4)8-21(39-5)26(24)30/h6-9,14-15,18-19H,1,10-13H2,2-5H3,(H,31,32)(H,33,37)/t14?,15?,18-,19+/m1/s1. The molecule has 0 saturated carbocycles. The third-order valence-electron chi connectivity index (χ3n) is 7.01. The van der Waals surface area contributed by atoms with Gasteiger partial charge in [0.1, 0.15) is 11.6 Å². The first-order valence-corrected chi connectivity index (χ1v) is 13.2. The van der Waals surface area contributed by atoms with Crippen LogP contribution in [0.3, 0.4) is 0 Å². The highest BCUT2D eigenvalue weighted by atomic mass is 19.1. The van der Waals surface area contributed by atoms with E-state index in [1.165, 1.54) is 26.5 Å². The van der Waals surface area contributed by atoms with E-state index in [-0.39, 0.29) is 47.5 Å². The highest BCUT2D eigenvalue weighted by Crippen LogP contribution is 2.38. The molecule has 0 spiro atoms. The third-order valence-corrected chi connectivity index (χ3v) is 7.01. The average molecular weight is 571 g/mol. The molecule has 2 aromatic heterocycles. The molecule has 2 N–H and O–H groups in total. The smallest absolute Gasteiger partial charge is 0.243 e. The van der Waals surface area contributed by atoms with Crippen molar-refractivity contribution in [3.8, 4) is 22.9 Å². The van der Waals surface area contributed by atoms with E-state index in [2.05, 4.69) is 27.2 Å². The number of fused-ring (bicyclic) bond motifs is 1. The summed E-state index contributed by atoms with van der Waals surface area (Å²) in [5, 5.41) is 6.79. The Morgan fingerprint density at radius 1 is 1.07 bits per heavy atom. The minimum Gasteiger partial charge on any atom is -0.494 e. The Bertz CT molecular complexity index is 1440. The molecule has 0 radical (unpaired) electrons. The Hall–Kier alpha value is -4.10. The zero-order valence-electron chi connectivity index (χ0n) is 23.2. The third kappa shape index (κ3) is 5.72. The van der Waals surface area contributed by atoms with Gasteiger partial charge in [-0.25, -0.2) is 23.7 Å². The summed E-state index contributed by atoms with van der Waals surface area (Å²) in [6.45, 7) is 9.09. The lowest BCUT2D eigenvalue weighted by Crippen LogP contribution is -2.46. The van der Waals surface area contributed by atoms with Gasteiger partial charge in [-0.3, -0.25) is 4.79 Å². The van der Waals surface area contributed by atoms with Gasteiger partial charge in [0.05, 0.1) is 69.0 Å². The predicted octanol–water partition coefficient (Wildman–Crippen LogP) is 3.08. The Labute approximate surface area is 235 Å². The van der Waals surface area contributed by atoms with Crippen LogP contribution in [0.2, 0.25) is 0 Å². The molecule has 3 aromatic rings. The molecule has 41 heavy (non-hydrogen) atoms. The first-order chi connectivity index (χ1) is 19.7. The summed E-state index contributed by atoms with van der Waals surface area (Å²) in [6.07, 6.45) is 2.50. The number of pyridine rings is 1. The molecule has 2 unspecified atom stereocenters. The number of ether oxygens (including phenoxy) is 4. The SMILES string of the molecule is C=CC(=O)N[C@H]1COC[C@H]1Nc1cc2c(N3CC(C)OC(C)C3)nc(-c3c(F)c(OC)cc(OC)c3F)nc2cn1. The summed E-state index contributed by atoms with van der Waals surface area (Å²) < 4.78 is 52.7. The predicted molar refractivity (Wildman–Crippen MR) is 148 cm³/mol. The van der Waals surface area contributed by atoms with E-state index in [4.69, 9.17) is 23.9 Å². The summed E-state index contributed by atoms with van der Waals surface area (Å²) in [6, 6.07) is 2.38. The fourth-order valence-electron chi connectivity index (χ4n) is 5.15. The number of carbonyl (C=O) groups excluding carboxylic acids is 1. The summed E-state index contributed by atoms with van der Waals surface area (Å²) in [7, 11) is 2.56. The molecular weight excluding hydrogens is 538 g/mol. The molecule has 0 bridgehead atoms. The lowest BCUT2D eigenvalue weighted by Gasteiger charge is -2.36. The quantitative estimate of drug-likeness (QED) is 0.391. The number of methoxy groups -OCH3 is 2. The number of nitrogens with zero attached hydrogens (tertiary/aromatic N) is 4. The van der Waals surface area contributed by atoms with E-state index in [0.29, 0.717) is 48.8 Å². The van der Waals surface area contributed by atoms with Gasteiger partial charge in [0.15, 0.2) is 29.0 Å². The largest absolute Gasteiger partial charge is 0.494 e. The summed E-state index contributed by atoms with van der Waals surface area (Å²) in [5.41, 5.74) is -0.0908. The molecule has 0 aliphatic carbocycles. The second kappa shape index (κ2) is 11.8. The number of benzene rings is 1. The van der Waals surface area contributed by atoms with Crippen LogP contribution in [0.15, 0.2) is 31.0 Å². The number of anilines is 2. The van der Waals surface area contributed by atoms with Crippen molar-refractivity contribution in [1.82, 2.24) is 20.3 Å². The number of carbonyl (C=O) groups is 1. The van der Waals surface area contributed by atoms with Crippen LogP contribution >= 0.6 is 0 Å². The zero-order valence-corrected chi connectivity index (χ0v) is 23.2. The number of aromatic nitrogens is 3. The Morgan fingerprint density at radius 2 is 1.73 bits per heavy atom. The summed E-state index contributed by atoms with van der Waals surface area (Å²) in [4.78, 5) is 27.6. The zero-order chi connectivity index (χ0) is 29.3. The van der Waals surface area contributed by atoms with Crippen molar-refractivity contribution < 1.29 is 32.5 Å². The van der Waals surface area contributed by atoms with Crippen LogP contribution in [0, 0.1) is 11.6 Å². The van der Waals surface area contributed by atoms with Gasteiger partial charge in [-0.15, -0.1) is 0 Å². The molecule has 2 saturated heterocycles. The molecule has 5 rings (SSSR count). The Morgan fingerprint density at radius 3 is 2.37 bits per heavy atom. The van der Waals surface area contributed by atoms with Gasteiger partial charge in [-0.2, -0.15) is 0 Å². The lowest BCUT2D eigenvalue weighted by molar-refractivity contribution is -0.117. The van der Waals surface area contributed by atoms with Gasteiger partial charge in [0.25, 0.3) is 0 Å². The highest BCUT2D eigenvalue weighted by molar-refractivity contribution is 5.92. The van der Waals surface area contributed by atoms with E-state index in [1.54, 1.807) is 6.07 Å². The van der Waals surface area contributed by atoms with E-state index in [1.807, 2.05) is 18.7 Å². The second-order valence-electron chi connectivity index (χ2n) is 10.0. The molecule has 13 heteroatoms. The lowest BCUT2D eigenvalue weighted by atomic mass is 10.1. The van der Waals surface area contributed by atoms with Crippen molar-refractivity contribution in [2.75, 3.05) is 50.7 Å². The number of amides is 1. The van der Waals surface area contributed by atoms with Crippen molar-refractivity contribution in [3.63, 3.8) is 0 Å². The van der Waals surface area contributed by atoms with Crippen LogP contribution in [0.4, 0.5) is 20.4 Å². The van der Waals surface area contributed by atoms with Crippen LogP contribution in [0.5, 0.6) is 11.5 Å². The first kappa shape index (κ1) is 28.4. The minimum atomic E-state index is -0.945. The minimum absolute atomic E-state index is 0.109. The Kier molecular flexibility index (Phi) is 8.18. The van der Waals surface area contributed by atoms with Crippen LogP contribution in [-0.4, -0.2) is 85.7 Å². The van der Waals surface area contributed by atoms with Gasteiger partial charge in [0.2, 0.25) is 5.91 Å². The number of hydrogen-bond acceptors (Lipinski definition) is 10. The van der Waals surface area contributed by atoms with Gasteiger partial charge in [0, 0.05) is 24.5 Å².